The number of rotatable bonds is 3. The molecule has 2 heterocycles. The Hall–Kier alpha value is -2.48. The van der Waals surface area contributed by atoms with Gasteiger partial charge in [0.1, 0.15) is 0 Å². The van der Waals surface area contributed by atoms with Crippen molar-refractivity contribution in [2.24, 2.45) is 5.92 Å². The molecule has 0 bridgehead atoms. The number of allylic oxidation sites excluding steroid dienone is 1. The maximum absolute atomic E-state index is 12.0. The molecule has 1 aromatic rings. The van der Waals surface area contributed by atoms with Crippen molar-refractivity contribution in [2.45, 2.75) is 6.42 Å². The molecule has 114 valence electrons. The predicted molar refractivity (Wildman–Crippen MR) is 74.1 cm³/mol. The third-order valence-corrected chi connectivity index (χ3v) is 4.85. The van der Waals surface area contributed by atoms with E-state index in [1.165, 1.54) is 18.2 Å². The first-order chi connectivity index (χ1) is 10.4. The van der Waals surface area contributed by atoms with Crippen LogP contribution < -0.4 is 0 Å². The van der Waals surface area contributed by atoms with Crippen LogP contribution in [0.2, 0.25) is 0 Å². The molecule has 22 heavy (non-hydrogen) atoms. The Morgan fingerprint density at radius 2 is 1.77 bits per heavy atom. The van der Waals surface area contributed by atoms with Crippen LogP contribution in [-0.4, -0.2) is 37.0 Å². The highest BCUT2D eigenvalue weighted by Crippen LogP contribution is 2.24. The fraction of sp³-hybridized carbons (Fsp3) is 0.214. The van der Waals surface area contributed by atoms with E-state index in [-0.39, 0.29) is 23.3 Å². The number of carbonyl (C=O) groups excluding carboxylic acids is 3. The molecule has 1 unspecified atom stereocenters. The monoisotopic (exact) mass is 321 g/mol. The minimum absolute atomic E-state index is 0.170. The third-order valence-electron chi connectivity index (χ3n) is 3.38. The minimum atomic E-state index is -3.27. The lowest BCUT2D eigenvalue weighted by molar-refractivity contribution is -0.169. The van der Waals surface area contributed by atoms with Crippen LogP contribution in [-0.2, 0) is 19.5 Å². The van der Waals surface area contributed by atoms with Gasteiger partial charge in [0, 0.05) is 11.3 Å². The number of hydrogen-bond acceptors (Lipinski definition) is 6. The van der Waals surface area contributed by atoms with E-state index in [0.717, 1.165) is 5.41 Å². The second-order valence-electron chi connectivity index (χ2n) is 5.04. The lowest BCUT2D eigenvalue weighted by Crippen LogP contribution is -2.33. The van der Waals surface area contributed by atoms with E-state index in [2.05, 4.69) is 0 Å². The minimum Gasteiger partial charge on any atom is -0.330 e. The molecule has 1 atom stereocenters. The Bertz CT molecular complexity index is 775. The van der Waals surface area contributed by atoms with E-state index in [9.17, 15) is 22.8 Å². The van der Waals surface area contributed by atoms with Gasteiger partial charge in [-0.2, -0.15) is 0 Å². The molecule has 8 heteroatoms. The zero-order chi connectivity index (χ0) is 15.9. The third kappa shape index (κ3) is 2.52. The fourth-order valence-corrected chi connectivity index (χ4v) is 3.77. The number of amides is 2. The Balaban J connectivity index is 1.68. The number of fused-ring (bicyclic) bond motifs is 1. The Morgan fingerprint density at radius 3 is 2.27 bits per heavy atom. The summed E-state index contributed by atoms with van der Waals surface area (Å²) in [5.41, 5.74) is 0.340. The highest BCUT2D eigenvalue weighted by atomic mass is 32.2. The largest absolute Gasteiger partial charge is 0.333 e. The summed E-state index contributed by atoms with van der Waals surface area (Å²) in [6, 6.07) is 6.14. The van der Waals surface area contributed by atoms with Gasteiger partial charge in [0.15, 0.2) is 9.84 Å². The van der Waals surface area contributed by atoms with Crippen LogP contribution in [0.4, 0.5) is 0 Å². The highest BCUT2D eigenvalue weighted by molar-refractivity contribution is 7.94. The first kappa shape index (κ1) is 14.5. The molecule has 0 radical (unpaired) electrons. The summed E-state index contributed by atoms with van der Waals surface area (Å²) < 4.78 is 22.5. The molecule has 0 fully saturated rings. The zero-order valence-corrected chi connectivity index (χ0v) is 12.1. The van der Waals surface area contributed by atoms with E-state index in [1.807, 2.05) is 0 Å². The molecule has 7 nitrogen and oxygen atoms in total. The van der Waals surface area contributed by atoms with Gasteiger partial charge in [-0.05, 0) is 12.1 Å². The quantitative estimate of drug-likeness (QED) is 0.760. The molecule has 0 aliphatic carbocycles. The zero-order valence-electron chi connectivity index (χ0n) is 11.3. The number of sulfone groups is 1. The molecule has 0 N–H and O–H groups in total. The number of nitrogens with zero attached hydrogens (tertiary/aromatic N) is 1. The van der Waals surface area contributed by atoms with E-state index in [0.29, 0.717) is 5.06 Å². The molecule has 0 saturated heterocycles. The van der Waals surface area contributed by atoms with Crippen molar-refractivity contribution in [2.75, 3.05) is 5.75 Å². The first-order valence-electron chi connectivity index (χ1n) is 6.47. The van der Waals surface area contributed by atoms with E-state index < -0.39 is 33.5 Å². The lowest BCUT2D eigenvalue weighted by Gasteiger charge is -2.13. The van der Waals surface area contributed by atoms with Crippen LogP contribution in [0.5, 0.6) is 0 Å². The molecule has 0 spiro atoms. The second-order valence-corrected chi connectivity index (χ2v) is 6.97. The van der Waals surface area contributed by atoms with Crippen molar-refractivity contribution >= 4 is 27.6 Å². The molecule has 0 aromatic heterocycles. The fourth-order valence-electron chi connectivity index (χ4n) is 2.37. The van der Waals surface area contributed by atoms with Crippen LogP contribution in [0.15, 0.2) is 35.7 Å². The van der Waals surface area contributed by atoms with Crippen molar-refractivity contribution in [1.82, 2.24) is 5.06 Å². The predicted octanol–water partition coefficient (Wildman–Crippen LogP) is 0.689. The van der Waals surface area contributed by atoms with Crippen LogP contribution in [0.3, 0.4) is 0 Å². The molecule has 1 aromatic carbocycles. The van der Waals surface area contributed by atoms with E-state index >= 15 is 0 Å². The summed E-state index contributed by atoms with van der Waals surface area (Å²) in [6.45, 7) is 0. The Morgan fingerprint density at radius 1 is 1.18 bits per heavy atom. The van der Waals surface area contributed by atoms with Crippen molar-refractivity contribution < 1.29 is 27.6 Å². The summed E-state index contributed by atoms with van der Waals surface area (Å²) in [7, 11) is -3.27. The van der Waals surface area contributed by atoms with Crippen molar-refractivity contribution in [3.8, 4) is 0 Å². The Labute approximate surface area is 126 Å². The topological polar surface area (TPSA) is 97.8 Å². The average Bonchev–Trinajstić information content (AvgIpc) is 2.92. The maximum Gasteiger partial charge on any atom is 0.333 e. The number of hydroxylamine groups is 2. The number of benzene rings is 1. The van der Waals surface area contributed by atoms with E-state index in [4.69, 9.17) is 4.84 Å². The smallest absolute Gasteiger partial charge is 0.330 e. The van der Waals surface area contributed by atoms with Gasteiger partial charge in [0.2, 0.25) is 0 Å². The molecule has 0 saturated carbocycles. The van der Waals surface area contributed by atoms with Gasteiger partial charge in [-0.1, -0.05) is 23.3 Å². The molecular formula is C14H11NO6S. The average molecular weight is 321 g/mol. The molecule has 3 rings (SSSR count). The Kier molecular flexibility index (Phi) is 3.32. The number of imide groups is 1. The summed E-state index contributed by atoms with van der Waals surface area (Å²) in [5.74, 6) is -2.93. The van der Waals surface area contributed by atoms with Crippen LogP contribution in [0.25, 0.3) is 0 Å². The second kappa shape index (κ2) is 5.06. The van der Waals surface area contributed by atoms with Crippen molar-refractivity contribution in [3.05, 3.63) is 46.9 Å². The van der Waals surface area contributed by atoms with Crippen molar-refractivity contribution in [1.29, 1.82) is 0 Å². The summed E-state index contributed by atoms with van der Waals surface area (Å²) in [6.07, 6.45) is 1.18. The molecule has 2 aliphatic rings. The summed E-state index contributed by atoms with van der Waals surface area (Å²) in [4.78, 5) is 40.6. The van der Waals surface area contributed by atoms with Crippen LogP contribution >= 0.6 is 0 Å². The standard InChI is InChI=1S/C14H11NO6S/c16-12(7-9-5-6-22(19,20)8-9)21-15-13(17)10-3-1-2-4-11(10)14(15)18/h1-6,9H,7-8H2. The maximum atomic E-state index is 12.0. The first-order valence-corrected chi connectivity index (χ1v) is 8.18. The van der Waals surface area contributed by atoms with Crippen LogP contribution in [0, 0.1) is 5.92 Å². The van der Waals surface area contributed by atoms with Gasteiger partial charge in [0.25, 0.3) is 11.8 Å². The van der Waals surface area contributed by atoms with Gasteiger partial charge < -0.3 is 4.84 Å². The van der Waals surface area contributed by atoms with Gasteiger partial charge in [-0.3, -0.25) is 9.59 Å². The van der Waals surface area contributed by atoms with E-state index in [1.54, 1.807) is 12.1 Å². The van der Waals surface area contributed by atoms with Gasteiger partial charge in [0.05, 0.1) is 23.3 Å². The number of hydrogen-bond donors (Lipinski definition) is 0. The lowest BCUT2D eigenvalue weighted by atomic mass is 10.1. The number of carbonyl (C=O) groups is 3. The molecule has 2 aliphatic heterocycles. The van der Waals surface area contributed by atoms with Crippen molar-refractivity contribution in [3.63, 3.8) is 0 Å². The van der Waals surface area contributed by atoms with Gasteiger partial charge in [-0.15, -0.1) is 0 Å². The molecule has 2 amide bonds. The SMILES string of the molecule is O=C(CC1C=CS(=O)(=O)C1)ON1C(=O)c2ccccc2C1=O. The normalized spacial score (nSPS) is 22.0. The molecular weight excluding hydrogens is 310 g/mol. The summed E-state index contributed by atoms with van der Waals surface area (Å²) in [5, 5.41) is 1.47. The highest BCUT2D eigenvalue weighted by Gasteiger charge is 2.39. The van der Waals surface area contributed by atoms with Crippen LogP contribution in [0.1, 0.15) is 27.1 Å². The van der Waals surface area contributed by atoms with Gasteiger partial charge >= 0.3 is 5.97 Å². The van der Waals surface area contributed by atoms with Gasteiger partial charge in [-0.25, -0.2) is 13.2 Å². The summed E-state index contributed by atoms with van der Waals surface area (Å²) >= 11 is 0.